The number of methoxy groups -OCH3 is 1. The van der Waals surface area contributed by atoms with Gasteiger partial charge in [0.1, 0.15) is 5.75 Å². The number of H-pyrrole nitrogens is 1. The zero-order valence-corrected chi connectivity index (χ0v) is 15.4. The van der Waals surface area contributed by atoms with Gasteiger partial charge in [0.05, 0.1) is 18.4 Å². The molecule has 27 heavy (non-hydrogen) atoms. The smallest absolute Gasteiger partial charge is 0.200 e. The molecule has 0 radical (unpaired) electrons. The molecule has 2 heterocycles. The van der Waals surface area contributed by atoms with Crippen molar-refractivity contribution < 1.29 is 4.74 Å². The van der Waals surface area contributed by atoms with Gasteiger partial charge in [-0.3, -0.25) is 4.79 Å². The average Bonchev–Trinajstić information content (AvgIpc) is 3.14. The van der Waals surface area contributed by atoms with Crippen molar-refractivity contribution in [3.63, 3.8) is 0 Å². The van der Waals surface area contributed by atoms with Crippen LogP contribution >= 0.6 is 0 Å². The summed E-state index contributed by atoms with van der Waals surface area (Å²) < 4.78 is 6.99. The van der Waals surface area contributed by atoms with Crippen molar-refractivity contribution >= 4 is 10.9 Å². The highest BCUT2D eigenvalue weighted by Gasteiger charge is 2.19. The number of pyridine rings is 1. The fraction of sp³-hybridized carbons (Fsp3) is 0.190. The second kappa shape index (κ2) is 6.72. The molecular formula is C21H20N4O2. The minimum atomic E-state index is -0.109. The molecule has 0 amide bonds. The maximum absolute atomic E-state index is 13.2. The van der Waals surface area contributed by atoms with Gasteiger partial charge < -0.3 is 9.72 Å². The van der Waals surface area contributed by atoms with Gasteiger partial charge in [0, 0.05) is 23.0 Å². The number of aromatic amines is 1. The first kappa shape index (κ1) is 17.0. The molecule has 0 fully saturated rings. The normalized spacial score (nSPS) is 11.3. The maximum atomic E-state index is 13.2. The van der Waals surface area contributed by atoms with E-state index in [4.69, 9.17) is 4.74 Å². The first-order chi connectivity index (χ1) is 13.1. The van der Waals surface area contributed by atoms with Crippen molar-refractivity contribution in [2.24, 2.45) is 0 Å². The van der Waals surface area contributed by atoms with E-state index in [9.17, 15) is 4.79 Å². The van der Waals surface area contributed by atoms with Crippen LogP contribution in [-0.2, 0) is 0 Å². The summed E-state index contributed by atoms with van der Waals surface area (Å²) in [5, 5.41) is 5.20. The Labute approximate surface area is 156 Å². The Bertz CT molecular complexity index is 1160. The molecule has 0 spiro atoms. The van der Waals surface area contributed by atoms with Crippen LogP contribution in [0, 0.1) is 0 Å². The second-order valence-corrected chi connectivity index (χ2v) is 6.64. The standard InChI is InChI=1S/C21H20N4O2/c1-13(2)20-23-21(25(24-20)14-7-5-4-6-8-14)17-12-22-18-10-9-15(27-3)11-16(18)19(17)26/h4-13H,1-3H3,(H,22,26). The largest absolute Gasteiger partial charge is 0.497 e. The van der Waals surface area contributed by atoms with E-state index in [1.807, 2.05) is 56.3 Å². The third-order valence-corrected chi connectivity index (χ3v) is 4.47. The molecule has 2 aromatic heterocycles. The number of aromatic nitrogens is 4. The SMILES string of the molecule is COc1ccc2[nH]cc(-c3nc(C(C)C)nn3-c3ccccc3)c(=O)c2c1. The highest BCUT2D eigenvalue weighted by molar-refractivity contribution is 5.83. The lowest BCUT2D eigenvalue weighted by Crippen LogP contribution is -2.10. The minimum absolute atomic E-state index is 0.109. The molecule has 6 nitrogen and oxygen atoms in total. The van der Waals surface area contributed by atoms with Gasteiger partial charge in [-0.2, -0.15) is 5.10 Å². The summed E-state index contributed by atoms with van der Waals surface area (Å²) in [5.74, 6) is 2.00. The van der Waals surface area contributed by atoms with Crippen LogP contribution in [-0.4, -0.2) is 26.9 Å². The molecule has 0 atom stereocenters. The number of benzene rings is 2. The summed E-state index contributed by atoms with van der Waals surface area (Å²) in [5.41, 5.74) is 1.97. The lowest BCUT2D eigenvalue weighted by molar-refractivity contribution is 0.415. The number of fused-ring (bicyclic) bond motifs is 1. The highest BCUT2D eigenvalue weighted by Crippen LogP contribution is 2.24. The predicted molar refractivity (Wildman–Crippen MR) is 106 cm³/mol. The first-order valence-electron chi connectivity index (χ1n) is 8.80. The summed E-state index contributed by atoms with van der Waals surface area (Å²) in [6.45, 7) is 4.06. The van der Waals surface area contributed by atoms with Crippen molar-refractivity contribution in [2.75, 3.05) is 7.11 Å². The number of hydrogen-bond donors (Lipinski definition) is 1. The highest BCUT2D eigenvalue weighted by atomic mass is 16.5. The summed E-state index contributed by atoms with van der Waals surface area (Å²) in [7, 11) is 1.58. The van der Waals surface area contributed by atoms with Crippen LogP contribution in [0.15, 0.2) is 59.5 Å². The monoisotopic (exact) mass is 360 g/mol. The Kier molecular flexibility index (Phi) is 4.24. The number of hydrogen-bond acceptors (Lipinski definition) is 4. The molecule has 4 rings (SSSR count). The second-order valence-electron chi connectivity index (χ2n) is 6.64. The third kappa shape index (κ3) is 2.99. The quantitative estimate of drug-likeness (QED) is 0.599. The Morgan fingerprint density at radius 1 is 1.11 bits per heavy atom. The van der Waals surface area contributed by atoms with Crippen molar-refractivity contribution in [3.05, 3.63) is 70.8 Å². The van der Waals surface area contributed by atoms with Crippen LogP contribution < -0.4 is 10.2 Å². The van der Waals surface area contributed by atoms with Gasteiger partial charge >= 0.3 is 0 Å². The van der Waals surface area contributed by atoms with Crippen LogP contribution in [0.5, 0.6) is 5.75 Å². The van der Waals surface area contributed by atoms with Crippen LogP contribution in [0.4, 0.5) is 0 Å². The molecule has 2 aromatic carbocycles. The number of rotatable bonds is 4. The fourth-order valence-corrected chi connectivity index (χ4v) is 2.99. The van der Waals surface area contributed by atoms with Gasteiger partial charge in [-0.05, 0) is 30.3 Å². The average molecular weight is 360 g/mol. The molecular weight excluding hydrogens is 340 g/mol. The lowest BCUT2D eigenvalue weighted by atomic mass is 10.1. The first-order valence-corrected chi connectivity index (χ1v) is 8.80. The van der Waals surface area contributed by atoms with Crippen molar-refractivity contribution in [3.8, 4) is 22.8 Å². The van der Waals surface area contributed by atoms with Gasteiger partial charge in [0.25, 0.3) is 0 Å². The number of nitrogens with one attached hydrogen (secondary N) is 1. The Hall–Kier alpha value is -3.41. The molecule has 136 valence electrons. The fourth-order valence-electron chi connectivity index (χ4n) is 2.99. The molecule has 6 heteroatoms. The van der Waals surface area contributed by atoms with E-state index in [0.29, 0.717) is 28.3 Å². The number of ether oxygens (including phenoxy) is 1. The van der Waals surface area contributed by atoms with Gasteiger partial charge in [-0.25, -0.2) is 9.67 Å². The van der Waals surface area contributed by atoms with Crippen molar-refractivity contribution in [2.45, 2.75) is 19.8 Å². The topological polar surface area (TPSA) is 72.8 Å². The van der Waals surface area contributed by atoms with Crippen molar-refractivity contribution in [1.29, 1.82) is 0 Å². The van der Waals surface area contributed by atoms with Gasteiger partial charge in [0.15, 0.2) is 11.6 Å². The molecule has 4 aromatic rings. The molecule has 0 aliphatic carbocycles. The lowest BCUT2D eigenvalue weighted by Gasteiger charge is -2.07. The zero-order chi connectivity index (χ0) is 19.0. The molecule has 0 saturated heterocycles. The van der Waals surface area contributed by atoms with Crippen LogP contribution in [0.1, 0.15) is 25.6 Å². The van der Waals surface area contributed by atoms with E-state index < -0.39 is 0 Å². The summed E-state index contributed by atoms with van der Waals surface area (Å²) >= 11 is 0. The molecule has 0 saturated carbocycles. The van der Waals surface area contributed by atoms with E-state index in [-0.39, 0.29) is 11.3 Å². The number of nitrogens with zero attached hydrogens (tertiary/aromatic N) is 3. The maximum Gasteiger partial charge on any atom is 0.200 e. The predicted octanol–water partition coefficient (Wildman–Crippen LogP) is 3.91. The van der Waals surface area contributed by atoms with E-state index in [1.54, 1.807) is 24.1 Å². The Morgan fingerprint density at radius 2 is 1.89 bits per heavy atom. The van der Waals surface area contributed by atoms with Crippen LogP contribution in [0.2, 0.25) is 0 Å². The minimum Gasteiger partial charge on any atom is -0.497 e. The van der Waals surface area contributed by atoms with Gasteiger partial charge in [-0.15, -0.1) is 0 Å². The molecule has 0 unspecified atom stereocenters. The van der Waals surface area contributed by atoms with Crippen LogP contribution in [0.25, 0.3) is 28.0 Å². The number of para-hydroxylation sites is 1. The van der Waals surface area contributed by atoms with Crippen molar-refractivity contribution in [1.82, 2.24) is 19.7 Å². The Morgan fingerprint density at radius 3 is 2.59 bits per heavy atom. The third-order valence-electron chi connectivity index (χ3n) is 4.47. The van der Waals surface area contributed by atoms with E-state index in [2.05, 4.69) is 15.1 Å². The summed E-state index contributed by atoms with van der Waals surface area (Å²) in [6.07, 6.45) is 1.70. The van der Waals surface area contributed by atoms with E-state index in [0.717, 1.165) is 11.2 Å². The van der Waals surface area contributed by atoms with E-state index >= 15 is 0 Å². The summed E-state index contributed by atoms with van der Waals surface area (Å²) in [6, 6.07) is 15.1. The molecule has 0 aliphatic heterocycles. The zero-order valence-electron chi connectivity index (χ0n) is 15.4. The van der Waals surface area contributed by atoms with Crippen LogP contribution in [0.3, 0.4) is 0 Å². The molecule has 1 N–H and O–H groups in total. The Balaban J connectivity index is 1.98. The molecule has 0 bridgehead atoms. The summed E-state index contributed by atoms with van der Waals surface area (Å²) in [4.78, 5) is 21.1. The van der Waals surface area contributed by atoms with Gasteiger partial charge in [0.2, 0.25) is 5.43 Å². The van der Waals surface area contributed by atoms with Gasteiger partial charge in [-0.1, -0.05) is 32.0 Å². The van der Waals surface area contributed by atoms with E-state index in [1.165, 1.54) is 0 Å². The molecule has 0 aliphatic rings.